The van der Waals surface area contributed by atoms with Crippen molar-refractivity contribution in [2.24, 2.45) is 5.73 Å². The van der Waals surface area contributed by atoms with Crippen LogP contribution in [0.25, 0.3) is 0 Å². The van der Waals surface area contributed by atoms with Gasteiger partial charge in [-0.15, -0.1) is 0 Å². The fourth-order valence-corrected chi connectivity index (χ4v) is 1.09. The van der Waals surface area contributed by atoms with Crippen LogP contribution in [0.2, 0.25) is 0 Å². The highest BCUT2D eigenvalue weighted by Gasteiger charge is 2.24. The number of hydrogen-bond acceptors (Lipinski definition) is 4. The number of primary amides is 1. The van der Waals surface area contributed by atoms with Crippen LogP contribution in [-0.4, -0.2) is 55.6 Å². The van der Waals surface area contributed by atoms with E-state index < -0.39 is 12.2 Å². The van der Waals surface area contributed by atoms with E-state index in [9.17, 15) is 9.59 Å². The van der Waals surface area contributed by atoms with Gasteiger partial charge in [-0.2, -0.15) is 0 Å². The molecule has 1 aliphatic rings. The summed E-state index contributed by atoms with van der Waals surface area (Å²) in [5.74, 6) is 0. The number of carbonyl (C=O) groups is 2. The monoisotopic (exact) mass is 220 g/mol. The van der Waals surface area contributed by atoms with Crippen molar-refractivity contribution in [1.82, 2.24) is 4.90 Å². The van der Waals surface area contributed by atoms with Gasteiger partial charge >= 0.3 is 12.2 Å². The third-order valence-electron chi connectivity index (χ3n) is 1.95. The van der Waals surface area contributed by atoms with Gasteiger partial charge in [-0.05, 0) is 6.42 Å². The van der Waals surface area contributed by atoms with Crippen molar-refractivity contribution in [1.29, 1.82) is 0 Å². The SMILES string of the molecule is COC(N)=O.COC1CCN(C(=O)O)C1. The molecule has 0 aromatic rings. The van der Waals surface area contributed by atoms with Crippen molar-refractivity contribution in [3.63, 3.8) is 0 Å². The molecule has 1 unspecified atom stereocenters. The molecule has 0 spiro atoms. The van der Waals surface area contributed by atoms with E-state index in [1.54, 1.807) is 7.11 Å². The molecule has 0 aliphatic carbocycles. The van der Waals surface area contributed by atoms with Gasteiger partial charge in [0.25, 0.3) is 0 Å². The van der Waals surface area contributed by atoms with E-state index >= 15 is 0 Å². The number of carbonyl (C=O) groups excluding carboxylic acids is 1. The van der Waals surface area contributed by atoms with E-state index in [2.05, 4.69) is 10.5 Å². The lowest BCUT2D eigenvalue weighted by atomic mass is 10.3. The number of amides is 2. The van der Waals surface area contributed by atoms with Gasteiger partial charge in [-0.25, -0.2) is 9.59 Å². The van der Waals surface area contributed by atoms with Crippen LogP contribution in [0.15, 0.2) is 0 Å². The first-order valence-electron chi connectivity index (χ1n) is 4.35. The maximum Gasteiger partial charge on any atom is 0.407 e. The Labute approximate surface area is 87.7 Å². The van der Waals surface area contributed by atoms with E-state index in [1.807, 2.05) is 0 Å². The minimum absolute atomic E-state index is 0.107. The Morgan fingerprint density at radius 2 is 2.00 bits per heavy atom. The van der Waals surface area contributed by atoms with Crippen molar-refractivity contribution in [3.05, 3.63) is 0 Å². The molecule has 0 bridgehead atoms. The number of methoxy groups -OCH3 is 2. The van der Waals surface area contributed by atoms with E-state index in [0.29, 0.717) is 13.1 Å². The molecule has 0 aromatic heterocycles. The predicted octanol–water partition coefficient (Wildman–Crippen LogP) is 0.0966. The average Bonchev–Trinajstić information content (AvgIpc) is 2.67. The number of nitrogens with two attached hydrogens (primary N) is 1. The van der Waals surface area contributed by atoms with Crippen LogP contribution in [0, 0.1) is 0 Å². The molecule has 0 saturated carbocycles. The summed E-state index contributed by atoms with van der Waals surface area (Å²) in [6.07, 6.45) is -0.663. The molecule has 1 fully saturated rings. The second-order valence-corrected chi connectivity index (χ2v) is 2.90. The lowest BCUT2D eigenvalue weighted by Crippen LogP contribution is -2.27. The second kappa shape index (κ2) is 6.88. The summed E-state index contributed by atoms with van der Waals surface area (Å²) in [4.78, 5) is 21.1. The van der Waals surface area contributed by atoms with Gasteiger partial charge in [-0.1, -0.05) is 0 Å². The van der Waals surface area contributed by atoms with Crippen LogP contribution in [-0.2, 0) is 9.47 Å². The molecule has 1 saturated heterocycles. The smallest absolute Gasteiger partial charge is 0.407 e. The second-order valence-electron chi connectivity index (χ2n) is 2.90. The van der Waals surface area contributed by atoms with Crippen LogP contribution in [0.4, 0.5) is 9.59 Å². The molecule has 1 heterocycles. The van der Waals surface area contributed by atoms with Crippen molar-refractivity contribution in [2.45, 2.75) is 12.5 Å². The molecule has 7 nitrogen and oxygen atoms in total. The minimum Gasteiger partial charge on any atom is -0.465 e. The molecule has 1 aliphatic heterocycles. The highest BCUT2D eigenvalue weighted by molar-refractivity contribution is 5.65. The lowest BCUT2D eigenvalue weighted by molar-refractivity contribution is 0.103. The molecule has 0 aromatic carbocycles. The molecular weight excluding hydrogens is 204 g/mol. The highest BCUT2D eigenvalue weighted by atomic mass is 16.5. The van der Waals surface area contributed by atoms with Crippen LogP contribution in [0.1, 0.15) is 6.42 Å². The Kier molecular flexibility index (Phi) is 6.19. The first-order valence-corrected chi connectivity index (χ1v) is 4.35. The molecule has 1 atom stereocenters. The van der Waals surface area contributed by atoms with Crippen LogP contribution in [0.3, 0.4) is 0 Å². The van der Waals surface area contributed by atoms with Gasteiger partial charge < -0.3 is 25.2 Å². The number of hydrogen-bond donors (Lipinski definition) is 2. The predicted molar refractivity (Wildman–Crippen MR) is 51.6 cm³/mol. The van der Waals surface area contributed by atoms with Crippen molar-refractivity contribution < 1.29 is 24.2 Å². The molecule has 88 valence electrons. The van der Waals surface area contributed by atoms with Gasteiger partial charge in [0, 0.05) is 13.7 Å². The zero-order valence-electron chi connectivity index (χ0n) is 8.80. The summed E-state index contributed by atoms with van der Waals surface area (Å²) in [7, 11) is 2.83. The molecule has 0 radical (unpaired) electrons. The van der Waals surface area contributed by atoms with Gasteiger partial charge in [-0.3, -0.25) is 0 Å². The normalized spacial score (nSPS) is 19.1. The number of rotatable bonds is 1. The largest absolute Gasteiger partial charge is 0.465 e. The molecule has 3 N–H and O–H groups in total. The van der Waals surface area contributed by atoms with Crippen LogP contribution >= 0.6 is 0 Å². The topological polar surface area (TPSA) is 102 Å². The fraction of sp³-hybridized carbons (Fsp3) is 0.750. The first-order chi connectivity index (χ1) is 7.01. The quantitative estimate of drug-likeness (QED) is 0.652. The summed E-state index contributed by atoms with van der Waals surface area (Å²) in [5.41, 5.74) is 4.43. The Hall–Kier alpha value is -1.50. The highest BCUT2D eigenvalue weighted by Crippen LogP contribution is 2.10. The third kappa shape index (κ3) is 5.74. The maximum absolute atomic E-state index is 10.3. The van der Waals surface area contributed by atoms with Crippen LogP contribution in [0.5, 0.6) is 0 Å². The molecular formula is C8H16N2O5. The third-order valence-corrected chi connectivity index (χ3v) is 1.95. The maximum atomic E-state index is 10.3. The number of nitrogens with zero attached hydrogens (tertiary/aromatic N) is 1. The summed E-state index contributed by atoms with van der Waals surface area (Å²) >= 11 is 0. The number of carboxylic acid groups (broad SMARTS) is 1. The minimum atomic E-state index is -0.848. The average molecular weight is 220 g/mol. The van der Waals surface area contributed by atoms with Gasteiger partial charge in [0.1, 0.15) is 0 Å². The lowest BCUT2D eigenvalue weighted by Gasteiger charge is -2.10. The fourth-order valence-electron chi connectivity index (χ4n) is 1.09. The van der Waals surface area contributed by atoms with Crippen molar-refractivity contribution >= 4 is 12.2 Å². The van der Waals surface area contributed by atoms with E-state index in [0.717, 1.165) is 6.42 Å². The van der Waals surface area contributed by atoms with Crippen LogP contribution < -0.4 is 5.73 Å². The summed E-state index contributed by atoms with van der Waals surface area (Å²) < 4.78 is 8.88. The molecule has 2 amide bonds. The first kappa shape index (κ1) is 13.5. The summed E-state index contributed by atoms with van der Waals surface area (Å²) in [6, 6.07) is 0. The zero-order valence-corrected chi connectivity index (χ0v) is 8.80. The van der Waals surface area contributed by atoms with E-state index in [-0.39, 0.29) is 6.10 Å². The van der Waals surface area contributed by atoms with E-state index in [4.69, 9.17) is 9.84 Å². The molecule has 1 rings (SSSR count). The summed E-state index contributed by atoms with van der Waals surface area (Å²) in [5, 5.41) is 8.50. The molecule has 15 heavy (non-hydrogen) atoms. The Morgan fingerprint density at radius 1 is 1.47 bits per heavy atom. The van der Waals surface area contributed by atoms with Gasteiger partial charge in [0.05, 0.1) is 19.8 Å². The van der Waals surface area contributed by atoms with E-state index in [1.165, 1.54) is 12.0 Å². The number of ether oxygens (including phenoxy) is 2. The summed E-state index contributed by atoms with van der Waals surface area (Å²) in [6.45, 7) is 1.12. The zero-order chi connectivity index (χ0) is 11.8. The van der Waals surface area contributed by atoms with Crippen molar-refractivity contribution in [3.8, 4) is 0 Å². The van der Waals surface area contributed by atoms with Gasteiger partial charge in [0.15, 0.2) is 0 Å². The van der Waals surface area contributed by atoms with Gasteiger partial charge in [0.2, 0.25) is 0 Å². The Balaban J connectivity index is 0.000000336. The Bertz CT molecular complexity index is 221. The Morgan fingerprint density at radius 3 is 2.20 bits per heavy atom. The number of likely N-dealkylation sites (tertiary alicyclic amines) is 1. The standard InChI is InChI=1S/C6H11NO3.C2H5NO2/c1-10-5-2-3-7(4-5)6(8)9;1-5-2(3)4/h5H,2-4H2,1H3,(H,8,9);1H3,(H2,3,4). The van der Waals surface area contributed by atoms with Crippen molar-refractivity contribution in [2.75, 3.05) is 27.3 Å². The molecule has 7 heteroatoms.